The summed E-state index contributed by atoms with van der Waals surface area (Å²) in [6, 6.07) is 0. The molecule has 0 radical (unpaired) electrons. The van der Waals surface area contributed by atoms with Crippen LogP contribution >= 0.6 is 11.6 Å². The molecule has 0 bridgehead atoms. The number of aromatic nitrogens is 4. The fourth-order valence-electron chi connectivity index (χ4n) is 4.63. The molecular formula is C29H49ClN4O5S. The Morgan fingerprint density at radius 3 is 1.93 bits per heavy atom. The molecule has 11 heteroatoms. The van der Waals surface area contributed by atoms with Gasteiger partial charge in [-0.2, -0.15) is 4.98 Å². The van der Waals surface area contributed by atoms with E-state index in [4.69, 9.17) is 21.4 Å². The molecule has 0 aromatic carbocycles. The molecule has 0 aliphatic rings. The Morgan fingerprint density at radius 2 is 1.40 bits per heavy atom. The summed E-state index contributed by atoms with van der Waals surface area (Å²) in [5.74, 6) is 0.571. The number of aliphatic hydroxyl groups is 1. The Morgan fingerprint density at radius 1 is 0.875 bits per heavy atom. The summed E-state index contributed by atoms with van der Waals surface area (Å²) in [6.07, 6.45) is 15.5. The first kappa shape index (κ1) is 34.4. The van der Waals surface area contributed by atoms with Crippen molar-refractivity contribution < 1.29 is 23.1 Å². The summed E-state index contributed by atoms with van der Waals surface area (Å²) in [4.78, 5) is 24.3. The lowest BCUT2D eigenvalue weighted by Gasteiger charge is -2.12. The average molecular weight is 601 g/mol. The molecule has 2 rings (SSSR count). The van der Waals surface area contributed by atoms with Crippen molar-refractivity contribution in [1.82, 2.24) is 19.5 Å². The van der Waals surface area contributed by atoms with Gasteiger partial charge in [0.25, 0.3) is 0 Å². The molecule has 0 saturated carbocycles. The molecule has 9 nitrogen and oxygen atoms in total. The Balaban J connectivity index is 1.56. The Bertz CT molecular complexity index is 1150. The quantitative estimate of drug-likeness (QED) is 0.0735. The highest BCUT2D eigenvalue weighted by Gasteiger charge is 2.28. The van der Waals surface area contributed by atoms with E-state index in [1.54, 1.807) is 13.8 Å². The predicted molar refractivity (Wildman–Crippen MR) is 159 cm³/mol. The van der Waals surface area contributed by atoms with Crippen LogP contribution < -0.4 is 0 Å². The van der Waals surface area contributed by atoms with Crippen LogP contribution in [0.2, 0.25) is 5.28 Å². The molecule has 0 spiro atoms. The largest absolute Gasteiger partial charge is 0.465 e. The number of sulfone groups is 1. The van der Waals surface area contributed by atoms with E-state index in [-0.39, 0.29) is 28.8 Å². The predicted octanol–water partition coefficient (Wildman–Crippen LogP) is 6.60. The van der Waals surface area contributed by atoms with Gasteiger partial charge in [-0.15, -0.1) is 0 Å². The molecule has 2 aromatic heterocycles. The van der Waals surface area contributed by atoms with Gasteiger partial charge in [-0.3, -0.25) is 4.79 Å². The van der Waals surface area contributed by atoms with E-state index in [9.17, 15) is 13.2 Å². The third kappa shape index (κ3) is 11.2. The lowest BCUT2D eigenvalue weighted by molar-refractivity contribution is -0.145. The summed E-state index contributed by atoms with van der Waals surface area (Å²) in [5.41, 5.74) is 0.795. The molecule has 0 fully saturated rings. The van der Waals surface area contributed by atoms with Gasteiger partial charge in [-0.1, -0.05) is 77.6 Å². The normalized spacial score (nSPS) is 12.9. The molecule has 1 N–H and O–H groups in total. The number of halogens is 1. The molecule has 0 unspecified atom stereocenters. The van der Waals surface area contributed by atoms with E-state index in [2.05, 4.69) is 15.0 Å². The van der Waals surface area contributed by atoms with Crippen LogP contribution in [0.3, 0.4) is 0 Å². The number of hydrogen-bond donors (Lipinski definition) is 1. The Labute approximate surface area is 245 Å². The van der Waals surface area contributed by atoms with Gasteiger partial charge < -0.3 is 14.4 Å². The molecule has 228 valence electrons. The van der Waals surface area contributed by atoms with E-state index in [0.717, 1.165) is 44.3 Å². The molecule has 0 aliphatic carbocycles. The molecule has 0 saturated heterocycles. The zero-order chi connectivity index (χ0) is 29.5. The van der Waals surface area contributed by atoms with Crippen molar-refractivity contribution in [2.75, 3.05) is 13.2 Å². The molecule has 0 aliphatic heterocycles. The van der Waals surface area contributed by atoms with Gasteiger partial charge in [-0.25, -0.2) is 18.4 Å². The van der Waals surface area contributed by atoms with Crippen molar-refractivity contribution in [3.63, 3.8) is 0 Å². The van der Waals surface area contributed by atoms with E-state index >= 15 is 0 Å². The van der Waals surface area contributed by atoms with Crippen molar-refractivity contribution in [3.8, 4) is 0 Å². The van der Waals surface area contributed by atoms with Crippen molar-refractivity contribution in [2.45, 2.75) is 134 Å². The molecular weight excluding hydrogens is 552 g/mol. The second-order valence-corrected chi connectivity index (χ2v) is 13.9. The van der Waals surface area contributed by atoms with Gasteiger partial charge in [0.15, 0.2) is 20.5 Å². The van der Waals surface area contributed by atoms with Gasteiger partial charge in [0, 0.05) is 25.5 Å². The van der Waals surface area contributed by atoms with E-state index < -0.39 is 15.1 Å². The fraction of sp³-hybridized carbons (Fsp3) is 0.793. The number of esters is 1. The molecule has 2 heterocycles. The number of ether oxygens (including phenoxy) is 1. The fourth-order valence-corrected chi connectivity index (χ4v) is 5.97. The van der Waals surface area contributed by atoms with Crippen molar-refractivity contribution >= 4 is 38.6 Å². The highest BCUT2D eigenvalue weighted by atomic mass is 35.5. The maximum atomic E-state index is 12.9. The minimum Gasteiger partial charge on any atom is -0.465 e. The number of rotatable bonds is 21. The number of unbranched alkanes of at least 4 members (excludes halogenated alkanes) is 12. The second-order valence-electron chi connectivity index (χ2n) is 11.2. The highest BCUT2D eigenvalue weighted by Crippen LogP contribution is 2.26. The standard InChI is InChI=1S/C29H49ClN4O5S/c1-22(2)40(37,38)28-26-27(32-29(30)33-28)31-24(4)34(26)19-17-15-13-11-9-7-5-6-8-10-12-14-16-18-25(36)39-21-23(3)20-35/h22-23,35H,5-21H2,1-4H3/t23-/m1/s1. The number of fused-ring (bicyclic) bond motifs is 1. The van der Waals surface area contributed by atoms with Crippen molar-refractivity contribution in [3.05, 3.63) is 11.1 Å². The zero-order valence-electron chi connectivity index (χ0n) is 24.8. The summed E-state index contributed by atoms with van der Waals surface area (Å²) in [6.45, 7) is 8.02. The SMILES string of the molecule is Cc1nc2nc(Cl)nc(S(=O)(=O)C(C)C)c2n1CCCCCCCCCCCCCCCC(=O)OC[C@H](C)CO. The smallest absolute Gasteiger partial charge is 0.305 e. The second kappa shape index (κ2) is 17.9. The summed E-state index contributed by atoms with van der Waals surface area (Å²) in [5, 5.41) is 8.21. The topological polar surface area (TPSA) is 124 Å². The zero-order valence-corrected chi connectivity index (χ0v) is 26.4. The Hall–Kier alpha value is -1.78. The third-order valence-corrected chi connectivity index (χ3v) is 9.46. The maximum Gasteiger partial charge on any atom is 0.305 e. The van der Waals surface area contributed by atoms with Crippen LogP contribution in [0.1, 0.15) is 116 Å². The lowest BCUT2D eigenvalue weighted by atomic mass is 10.0. The van der Waals surface area contributed by atoms with E-state index in [1.807, 2.05) is 18.4 Å². The summed E-state index contributed by atoms with van der Waals surface area (Å²) >= 11 is 6.01. The van der Waals surface area contributed by atoms with Gasteiger partial charge in [0.2, 0.25) is 5.28 Å². The minimum absolute atomic E-state index is 0.00651. The van der Waals surface area contributed by atoms with Crippen LogP contribution in [0.25, 0.3) is 11.2 Å². The molecule has 1 atom stereocenters. The van der Waals surface area contributed by atoms with Gasteiger partial charge in [0.05, 0.1) is 11.9 Å². The monoisotopic (exact) mass is 600 g/mol. The summed E-state index contributed by atoms with van der Waals surface area (Å²) in [7, 11) is -3.62. The number of hydrogen-bond acceptors (Lipinski definition) is 8. The Kier molecular flexibility index (Phi) is 15.4. The van der Waals surface area contributed by atoms with Gasteiger partial charge in [-0.05, 0) is 45.2 Å². The average Bonchev–Trinajstić information content (AvgIpc) is 3.22. The number of imidazole rings is 1. The number of carbonyl (C=O) groups is 1. The molecule has 40 heavy (non-hydrogen) atoms. The lowest BCUT2D eigenvalue weighted by Crippen LogP contribution is -2.18. The highest BCUT2D eigenvalue weighted by molar-refractivity contribution is 7.92. The van der Waals surface area contributed by atoms with Crippen LogP contribution in [-0.4, -0.2) is 57.5 Å². The van der Waals surface area contributed by atoms with Crippen LogP contribution in [0.5, 0.6) is 0 Å². The van der Waals surface area contributed by atoms with Crippen molar-refractivity contribution in [2.24, 2.45) is 5.92 Å². The number of aliphatic hydroxyl groups excluding tert-OH is 1. The maximum absolute atomic E-state index is 12.9. The van der Waals surface area contributed by atoms with E-state index in [0.29, 0.717) is 30.7 Å². The number of aryl methyl sites for hydroxylation is 2. The van der Waals surface area contributed by atoms with Gasteiger partial charge in [0.1, 0.15) is 11.3 Å². The third-order valence-electron chi connectivity index (χ3n) is 7.23. The summed E-state index contributed by atoms with van der Waals surface area (Å²) < 4.78 is 32.9. The van der Waals surface area contributed by atoms with Crippen LogP contribution in [0, 0.1) is 12.8 Å². The number of carbonyl (C=O) groups excluding carboxylic acids is 1. The van der Waals surface area contributed by atoms with Crippen molar-refractivity contribution in [1.29, 1.82) is 0 Å². The first-order valence-corrected chi connectivity index (χ1v) is 16.9. The first-order valence-electron chi connectivity index (χ1n) is 15.0. The van der Waals surface area contributed by atoms with Crippen LogP contribution in [0.4, 0.5) is 0 Å². The van der Waals surface area contributed by atoms with Gasteiger partial charge >= 0.3 is 5.97 Å². The molecule has 0 amide bonds. The van der Waals surface area contributed by atoms with Crippen LogP contribution in [0.15, 0.2) is 5.03 Å². The first-order chi connectivity index (χ1) is 19.1. The molecule has 2 aromatic rings. The van der Waals surface area contributed by atoms with E-state index in [1.165, 1.54) is 44.9 Å². The van der Waals surface area contributed by atoms with Crippen LogP contribution in [-0.2, 0) is 25.9 Å². The number of nitrogens with zero attached hydrogens (tertiary/aromatic N) is 4. The minimum atomic E-state index is -3.62.